The minimum Gasteiger partial charge on any atom is -0.459 e. The van der Waals surface area contributed by atoms with E-state index in [-0.39, 0.29) is 17.6 Å². The molecule has 1 aliphatic heterocycles. The Hall–Kier alpha value is -2.76. The number of fused-ring (bicyclic) bond motifs is 1. The topological polar surface area (TPSA) is 65.8 Å². The Kier molecular flexibility index (Phi) is 4.41. The average molecular weight is 353 g/mol. The molecular formula is C20H23N3O3. The third-order valence-electron chi connectivity index (χ3n) is 5.01. The molecule has 0 spiro atoms. The number of furan rings is 1. The second kappa shape index (κ2) is 6.86. The van der Waals surface area contributed by atoms with E-state index < -0.39 is 6.04 Å². The molecule has 0 radical (unpaired) electrons. The van der Waals surface area contributed by atoms with Crippen LogP contribution in [-0.4, -0.2) is 37.5 Å². The molecule has 1 saturated carbocycles. The van der Waals surface area contributed by atoms with Crippen molar-refractivity contribution >= 4 is 23.2 Å². The highest BCUT2D eigenvalue weighted by Gasteiger charge is 2.32. The quantitative estimate of drug-likeness (QED) is 0.897. The van der Waals surface area contributed by atoms with Crippen LogP contribution in [0.3, 0.4) is 0 Å². The summed E-state index contributed by atoms with van der Waals surface area (Å²) >= 11 is 0. The first kappa shape index (κ1) is 16.7. The van der Waals surface area contributed by atoms with Crippen LogP contribution in [0.1, 0.15) is 30.3 Å². The first-order valence-electron chi connectivity index (χ1n) is 9.13. The Morgan fingerprint density at radius 1 is 1.15 bits per heavy atom. The van der Waals surface area contributed by atoms with Crippen molar-refractivity contribution in [2.75, 3.05) is 29.4 Å². The van der Waals surface area contributed by atoms with Crippen LogP contribution >= 0.6 is 0 Å². The Bertz CT molecular complexity index is 798. The van der Waals surface area contributed by atoms with E-state index >= 15 is 0 Å². The van der Waals surface area contributed by atoms with Crippen LogP contribution in [0, 0.1) is 5.92 Å². The van der Waals surface area contributed by atoms with E-state index in [2.05, 4.69) is 16.3 Å². The van der Waals surface area contributed by atoms with Gasteiger partial charge in [0, 0.05) is 19.6 Å². The SMILES string of the molecule is CC(NC(=O)c1ccco1)C(=O)N1CCN(CC2CC2)c2ccccc21. The second-order valence-electron chi connectivity index (χ2n) is 7.04. The number of rotatable bonds is 5. The van der Waals surface area contributed by atoms with Gasteiger partial charge in [0.25, 0.3) is 5.91 Å². The zero-order valence-electron chi connectivity index (χ0n) is 14.9. The highest BCUT2D eigenvalue weighted by Crippen LogP contribution is 2.37. The van der Waals surface area contributed by atoms with Crippen LogP contribution in [0.5, 0.6) is 0 Å². The molecule has 6 heteroatoms. The number of carbonyl (C=O) groups is 2. The number of carbonyl (C=O) groups excluding carboxylic acids is 2. The van der Waals surface area contributed by atoms with Crippen LogP contribution in [0.25, 0.3) is 0 Å². The Morgan fingerprint density at radius 2 is 1.92 bits per heavy atom. The maximum absolute atomic E-state index is 13.0. The van der Waals surface area contributed by atoms with Gasteiger partial charge in [-0.3, -0.25) is 9.59 Å². The van der Waals surface area contributed by atoms with Gasteiger partial charge in [-0.05, 0) is 49.9 Å². The molecule has 26 heavy (non-hydrogen) atoms. The molecule has 1 aliphatic carbocycles. The molecule has 2 heterocycles. The number of hydrogen-bond donors (Lipinski definition) is 1. The standard InChI is InChI=1S/C20H23N3O3/c1-14(21-19(24)18-7-4-12-26-18)20(25)23-11-10-22(13-15-8-9-15)16-5-2-3-6-17(16)23/h2-7,12,14-15H,8-11,13H2,1H3,(H,21,24). The summed E-state index contributed by atoms with van der Waals surface area (Å²) in [5, 5.41) is 2.73. The average Bonchev–Trinajstić information content (AvgIpc) is 3.30. The third kappa shape index (κ3) is 3.31. The normalized spacial score (nSPS) is 17.6. The van der Waals surface area contributed by atoms with Gasteiger partial charge in [-0.2, -0.15) is 0 Å². The number of nitrogens with zero attached hydrogens (tertiary/aromatic N) is 2. The lowest BCUT2D eigenvalue weighted by atomic mass is 10.1. The molecule has 1 atom stereocenters. The molecule has 2 aromatic rings. The molecule has 136 valence electrons. The Labute approximate surface area is 152 Å². The minimum absolute atomic E-state index is 0.108. The van der Waals surface area contributed by atoms with Gasteiger partial charge in [0.2, 0.25) is 5.91 Å². The highest BCUT2D eigenvalue weighted by atomic mass is 16.3. The number of hydrogen-bond acceptors (Lipinski definition) is 4. The van der Waals surface area contributed by atoms with Gasteiger partial charge in [-0.15, -0.1) is 0 Å². The van der Waals surface area contributed by atoms with E-state index in [9.17, 15) is 9.59 Å². The fourth-order valence-electron chi connectivity index (χ4n) is 3.42. The van der Waals surface area contributed by atoms with Crippen LogP contribution in [-0.2, 0) is 4.79 Å². The van der Waals surface area contributed by atoms with E-state index in [0.717, 1.165) is 30.4 Å². The smallest absolute Gasteiger partial charge is 0.287 e. The van der Waals surface area contributed by atoms with Crippen molar-refractivity contribution < 1.29 is 14.0 Å². The maximum atomic E-state index is 13.0. The number of nitrogens with one attached hydrogen (secondary N) is 1. The summed E-state index contributed by atoms with van der Waals surface area (Å²) in [7, 11) is 0. The molecule has 0 bridgehead atoms. The van der Waals surface area contributed by atoms with Crippen LogP contribution in [0.4, 0.5) is 11.4 Å². The summed E-state index contributed by atoms with van der Waals surface area (Å²) in [5.41, 5.74) is 2.02. The lowest BCUT2D eigenvalue weighted by Gasteiger charge is -2.38. The molecule has 1 aromatic carbocycles. The van der Waals surface area contributed by atoms with Gasteiger partial charge in [0.1, 0.15) is 6.04 Å². The van der Waals surface area contributed by atoms with Gasteiger partial charge in [-0.25, -0.2) is 0 Å². The van der Waals surface area contributed by atoms with Crippen molar-refractivity contribution in [1.29, 1.82) is 0 Å². The number of amides is 2. The predicted molar refractivity (Wildman–Crippen MR) is 99.4 cm³/mol. The summed E-state index contributed by atoms with van der Waals surface area (Å²) in [6, 6.07) is 10.6. The zero-order valence-corrected chi connectivity index (χ0v) is 14.9. The highest BCUT2D eigenvalue weighted by molar-refractivity contribution is 6.03. The van der Waals surface area contributed by atoms with Gasteiger partial charge in [-0.1, -0.05) is 12.1 Å². The largest absolute Gasteiger partial charge is 0.459 e. The van der Waals surface area contributed by atoms with Gasteiger partial charge < -0.3 is 19.5 Å². The van der Waals surface area contributed by atoms with E-state index in [4.69, 9.17) is 4.42 Å². The van der Waals surface area contributed by atoms with Crippen molar-refractivity contribution in [1.82, 2.24) is 5.32 Å². The van der Waals surface area contributed by atoms with E-state index in [0.29, 0.717) is 6.54 Å². The van der Waals surface area contributed by atoms with Crippen molar-refractivity contribution in [2.45, 2.75) is 25.8 Å². The minimum atomic E-state index is -0.629. The first-order valence-corrected chi connectivity index (χ1v) is 9.13. The maximum Gasteiger partial charge on any atom is 0.287 e. The lowest BCUT2D eigenvalue weighted by Crippen LogP contribution is -2.51. The molecule has 2 amide bonds. The van der Waals surface area contributed by atoms with Crippen LogP contribution in [0.2, 0.25) is 0 Å². The third-order valence-corrected chi connectivity index (χ3v) is 5.01. The zero-order chi connectivity index (χ0) is 18.1. The second-order valence-corrected chi connectivity index (χ2v) is 7.04. The van der Waals surface area contributed by atoms with Crippen molar-refractivity contribution in [2.24, 2.45) is 5.92 Å². The Morgan fingerprint density at radius 3 is 2.62 bits per heavy atom. The van der Waals surface area contributed by atoms with Crippen molar-refractivity contribution in [3.8, 4) is 0 Å². The molecule has 1 aromatic heterocycles. The summed E-state index contributed by atoms with van der Waals surface area (Å²) in [6.45, 7) is 4.22. The fourth-order valence-corrected chi connectivity index (χ4v) is 3.42. The molecule has 1 unspecified atom stereocenters. The fraction of sp³-hybridized carbons (Fsp3) is 0.400. The van der Waals surface area contributed by atoms with Gasteiger partial charge >= 0.3 is 0 Å². The van der Waals surface area contributed by atoms with Crippen molar-refractivity contribution in [3.63, 3.8) is 0 Å². The van der Waals surface area contributed by atoms with Crippen LogP contribution < -0.4 is 15.1 Å². The predicted octanol–water partition coefficient (Wildman–Crippen LogP) is 2.66. The van der Waals surface area contributed by atoms with E-state index in [1.54, 1.807) is 24.0 Å². The summed E-state index contributed by atoms with van der Waals surface area (Å²) in [4.78, 5) is 29.3. The first-order chi connectivity index (χ1) is 12.6. The summed E-state index contributed by atoms with van der Waals surface area (Å²) < 4.78 is 5.09. The molecular weight excluding hydrogens is 330 g/mol. The molecule has 1 fully saturated rings. The summed E-state index contributed by atoms with van der Waals surface area (Å²) in [6.07, 6.45) is 4.05. The molecule has 4 rings (SSSR count). The monoisotopic (exact) mass is 353 g/mol. The van der Waals surface area contributed by atoms with Gasteiger partial charge in [0.05, 0.1) is 17.6 Å². The van der Waals surface area contributed by atoms with Crippen LogP contribution in [0.15, 0.2) is 47.1 Å². The summed E-state index contributed by atoms with van der Waals surface area (Å²) in [5.74, 6) is 0.510. The van der Waals surface area contributed by atoms with E-state index in [1.807, 2.05) is 18.2 Å². The molecule has 6 nitrogen and oxygen atoms in total. The Balaban J connectivity index is 1.49. The van der Waals surface area contributed by atoms with Gasteiger partial charge in [0.15, 0.2) is 5.76 Å². The van der Waals surface area contributed by atoms with E-state index in [1.165, 1.54) is 19.1 Å². The van der Waals surface area contributed by atoms with Crippen molar-refractivity contribution in [3.05, 3.63) is 48.4 Å². The molecule has 1 N–H and O–H groups in total. The lowest BCUT2D eigenvalue weighted by molar-refractivity contribution is -0.120. The number of anilines is 2. The molecule has 2 aliphatic rings. The number of para-hydroxylation sites is 2. The molecule has 0 saturated heterocycles. The number of benzene rings is 1.